The van der Waals surface area contributed by atoms with Crippen molar-refractivity contribution < 1.29 is 27.5 Å². The van der Waals surface area contributed by atoms with Crippen LogP contribution in [0.3, 0.4) is 0 Å². The molecule has 1 unspecified atom stereocenters. The molecule has 0 aromatic heterocycles. The van der Waals surface area contributed by atoms with E-state index in [1.165, 1.54) is 12.1 Å². The van der Waals surface area contributed by atoms with E-state index in [9.17, 15) is 18.0 Å². The van der Waals surface area contributed by atoms with Crippen molar-refractivity contribution in [1.82, 2.24) is 5.43 Å². The van der Waals surface area contributed by atoms with Crippen molar-refractivity contribution in [2.24, 2.45) is 11.0 Å². The van der Waals surface area contributed by atoms with Crippen LogP contribution < -0.4 is 14.5 Å². The Balaban J connectivity index is 1.83. The van der Waals surface area contributed by atoms with Crippen LogP contribution in [0.2, 0.25) is 0 Å². The van der Waals surface area contributed by atoms with Crippen molar-refractivity contribution in [3.05, 3.63) is 54.1 Å². The molecule has 0 bridgehead atoms. The minimum atomic E-state index is -4.07. The summed E-state index contributed by atoms with van der Waals surface area (Å²) in [4.78, 5) is 25.0. The number of rotatable bonds is 10. The Morgan fingerprint density at radius 1 is 1.06 bits per heavy atom. The first-order chi connectivity index (χ1) is 16.8. The molecular weight excluding hydrogens is 470 g/mol. The lowest BCUT2D eigenvalue weighted by atomic mass is 10.1. The number of ether oxygens (including phenoxy) is 2. The first-order valence-corrected chi connectivity index (χ1v) is 13.0. The average Bonchev–Trinajstić information content (AvgIpc) is 3.31. The third-order valence-electron chi connectivity index (χ3n) is 5.56. The number of nitrogens with one attached hydrogen (secondary N) is 1. The monoisotopic (exact) mass is 501 g/mol. The summed E-state index contributed by atoms with van der Waals surface area (Å²) in [6.45, 7) is 5.70. The number of anilines is 1. The van der Waals surface area contributed by atoms with Gasteiger partial charge in [0.05, 0.1) is 35.4 Å². The van der Waals surface area contributed by atoms with Gasteiger partial charge in [0.15, 0.2) is 0 Å². The van der Waals surface area contributed by atoms with Gasteiger partial charge in [-0.1, -0.05) is 17.7 Å². The molecule has 0 aliphatic heterocycles. The highest BCUT2D eigenvalue weighted by molar-refractivity contribution is 7.92. The maximum Gasteiger partial charge on any atom is 0.314 e. The topological polar surface area (TPSA) is 114 Å². The first-order valence-electron chi connectivity index (χ1n) is 11.6. The molecule has 1 aliphatic carbocycles. The molecule has 2 aromatic carbocycles. The fourth-order valence-electron chi connectivity index (χ4n) is 3.79. The summed E-state index contributed by atoms with van der Waals surface area (Å²) in [6.07, 6.45) is 1.94. The number of amides is 1. The number of carbonyl (C=O) groups is 2. The summed E-state index contributed by atoms with van der Waals surface area (Å²) < 4.78 is 38.5. The second kappa shape index (κ2) is 11.8. The Hall–Kier alpha value is -3.40. The predicted octanol–water partition coefficient (Wildman–Crippen LogP) is 3.42. The molecule has 0 saturated heterocycles. The van der Waals surface area contributed by atoms with Gasteiger partial charge in [-0.05, 0) is 76.4 Å². The van der Waals surface area contributed by atoms with Gasteiger partial charge in [-0.15, -0.1) is 0 Å². The Kier molecular flexibility index (Phi) is 8.86. The summed E-state index contributed by atoms with van der Waals surface area (Å²) in [7, 11) is -4.07. The van der Waals surface area contributed by atoms with E-state index in [1.807, 2.05) is 13.8 Å². The molecule has 3 rings (SSSR count). The number of hydrogen-bond donors (Lipinski definition) is 1. The van der Waals surface area contributed by atoms with Crippen molar-refractivity contribution in [3.8, 4) is 5.75 Å². The van der Waals surface area contributed by atoms with Crippen LogP contribution >= 0.6 is 0 Å². The standard InChI is InChI=1S/C25H31N3O6S/c1-4-33-20-13-15-21(16-14-20)35(31,32)28(19-11-9-18(3)10-12-19)17-24(29)27-26-23-8-6-7-22(23)25(30)34-5-2/h9-16,22H,4-8,17H2,1-3H3,(H,27,29)/b26-23+. The molecule has 1 amide bonds. The largest absolute Gasteiger partial charge is 0.494 e. The zero-order valence-corrected chi connectivity index (χ0v) is 21.0. The van der Waals surface area contributed by atoms with E-state index in [4.69, 9.17) is 9.47 Å². The summed E-state index contributed by atoms with van der Waals surface area (Å²) in [6, 6.07) is 12.9. The van der Waals surface area contributed by atoms with Crippen molar-refractivity contribution in [1.29, 1.82) is 0 Å². The molecule has 0 spiro atoms. The molecule has 9 nitrogen and oxygen atoms in total. The van der Waals surface area contributed by atoms with Gasteiger partial charge in [-0.25, -0.2) is 13.8 Å². The zero-order valence-electron chi connectivity index (χ0n) is 20.2. The number of hydrazone groups is 1. The lowest BCUT2D eigenvalue weighted by molar-refractivity contribution is -0.145. The number of esters is 1. The molecule has 1 saturated carbocycles. The van der Waals surface area contributed by atoms with Gasteiger partial charge in [0.1, 0.15) is 12.3 Å². The second-order valence-corrected chi connectivity index (χ2v) is 9.95. The van der Waals surface area contributed by atoms with E-state index in [-0.39, 0.29) is 17.5 Å². The molecule has 2 aromatic rings. The minimum absolute atomic E-state index is 0.0267. The van der Waals surface area contributed by atoms with Crippen LogP contribution in [0.15, 0.2) is 58.5 Å². The fourth-order valence-corrected chi connectivity index (χ4v) is 5.21. The number of nitrogens with zero attached hydrogens (tertiary/aromatic N) is 2. The van der Waals surface area contributed by atoms with E-state index < -0.39 is 28.4 Å². The van der Waals surface area contributed by atoms with Crippen molar-refractivity contribution in [2.75, 3.05) is 24.1 Å². The lowest BCUT2D eigenvalue weighted by Crippen LogP contribution is -2.40. The van der Waals surface area contributed by atoms with Crippen molar-refractivity contribution >= 4 is 33.3 Å². The normalized spacial score (nSPS) is 16.7. The molecule has 1 fully saturated rings. The zero-order chi connectivity index (χ0) is 25.4. The lowest BCUT2D eigenvalue weighted by Gasteiger charge is -2.24. The maximum absolute atomic E-state index is 13.5. The van der Waals surface area contributed by atoms with Crippen LogP contribution in [-0.2, 0) is 24.3 Å². The Morgan fingerprint density at radius 2 is 1.74 bits per heavy atom. The van der Waals surface area contributed by atoms with Gasteiger partial charge in [0.2, 0.25) is 0 Å². The van der Waals surface area contributed by atoms with Crippen LogP contribution in [0.4, 0.5) is 5.69 Å². The van der Waals surface area contributed by atoms with Crippen molar-refractivity contribution in [3.63, 3.8) is 0 Å². The van der Waals surface area contributed by atoms with Crippen LogP contribution in [0.5, 0.6) is 5.75 Å². The molecule has 1 N–H and O–H groups in total. The first kappa shape index (κ1) is 26.2. The van der Waals surface area contributed by atoms with E-state index >= 15 is 0 Å². The van der Waals surface area contributed by atoms with Crippen LogP contribution in [0.25, 0.3) is 0 Å². The smallest absolute Gasteiger partial charge is 0.314 e. The second-order valence-electron chi connectivity index (χ2n) is 8.09. The van der Waals surface area contributed by atoms with E-state index in [1.54, 1.807) is 43.3 Å². The predicted molar refractivity (Wildman–Crippen MR) is 133 cm³/mol. The molecule has 0 heterocycles. The van der Waals surface area contributed by atoms with Crippen molar-refractivity contribution in [2.45, 2.75) is 44.9 Å². The summed E-state index contributed by atoms with van der Waals surface area (Å²) >= 11 is 0. The van der Waals surface area contributed by atoms with Gasteiger partial charge >= 0.3 is 5.97 Å². The van der Waals surface area contributed by atoms with E-state index in [0.717, 1.165) is 16.3 Å². The fraction of sp³-hybridized carbons (Fsp3) is 0.400. The molecule has 35 heavy (non-hydrogen) atoms. The van der Waals surface area contributed by atoms with Gasteiger partial charge in [0, 0.05) is 0 Å². The number of aryl methyl sites for hydroxylation is 1. The summed E-state index contributed by atoms with van der Waals surface area (Å²) in [5.74, 6) is -0.926. The molecule has 1 atom stereocenters. The number of hydrogen-bond acceptors (Lipinski definition) is 7. The SMILES string of the molecule is CCOC(=O)C1CCC/C1=N\NC(=O)CN(c1ccc(C)cc1)S(=O)(=O)c1ccc(OCC)cc1. The van der Waals surface area contributed by atoms with Gasteiger partial charge in [-0.2, -0.15) is 5.10 Å². The van der Waals surface area contributed by atoms with Crippen LogP contribution in [-0.4, -0.2) is 45.8 Å². The summed E-state index contributed by atoms with van der Waals surface area (Å²) in [5.41, 5.74) is 4.26. The third-order valence-corrected chi connectivity index (χ3v) is 7.34. The number of carbonyl (C=O) groups excluding carboxylic acids is 2. The molecule has 1 aliphatic rings. The highest BCUT2D eigenvalue weighted by Crippen LogP contribution is 2.26. The van der Waals surface area contributed by atoms with Gasteiger partial charge < -0.3 is 9.47 Å². The maximum atomic E-state index is 13.5. The third kappa shape index (κ3) is 6.60. The van der Waals surface area contributed by atoms with Crippen LogP contribution in [0, 0.1) is 12.8 Å². The Morgan fingerprint density at radius 3 is 2.37 bits per heavy atom. The average molecular weight is 502 g/mol. The van der Waals surface area contributed by atoms with Gasteiger partial charge in [-0.3, -0.25) is 13.9 Å². The van der Waals surface area contributed by atoms with E-state index in [0.29, 0.717) is 36.6 Å². The molecule has 188 valence electrons. The highest BCUT2D eigenvalue weighted by atomic mass is 32.2. The quantitative estimate of drug-likeness (QED) is 0.394. The Bertz CT molecular complexity index is 1160. The highest BCUT2D eigenvalue weighted by Gasteiger charge is 2.31. The molecular formula is C25H31N3O6S. The minimum Gasteiger partial charge on any atom is -0.494 e. The van der Waals surface area contributed by atoms with Crippen LogP contribution in [0.1, 0.15) is 38.7 Å². The van der Waals surface area contributed by atoms with E-state index in [2.05, 4.69) is 10.5 Å². The molecule has 0 radical (unpaired) electrons. The summed E-state index contributed by atoms with van der Waals surface area (Å²) in [5, 5.41) is 4.13. The number of benzene rings is 2. The Labute approximate surface area is 206 Å². The number of sulfonamides is 1. The molecule has 10 heteroatoms. The van der Waals surface area contributed by atoms with Gasteiger partial charge in [0.25, 0.3) is 15.9 Å².